The summed E-state index contributed by atoms with van der Waals surface area (Å²) in [7, 11) is 0. The second-order valence-electron chi connectivity index (χ2n) is 7.69. The zero-order valence-corrected chi connectivity index (χ0v) is 12.9. The average Bonchev–Trinajstić information content (AvgIpc) is 2.35. The molecule has 4 bridgehead atoms. The van der Waals surface area contributed by atoms with Crippen molar-refractivity contribution in [2.24, 2.45) is 28.9 Å². The van der Waals surface area contributed by atoms with Crippen LogP contribution in [0.1, 0.15) is 51.9 Å². The molecule has 4 aliphatic carbocycles. The van der Waals surface area contributed by atoms with Gasteiger partial charge in [0.15, 0.2) is 0 Å². The van der Waals surface area contributed by atoms with Gasteiger partial charge in [-0.1, -0.05) is 0 Å². The average molecular weight is 293 g/mol. The van der Waals surface area contributed by atoms with Crippen LogP contribution in [-0.2, 0) is 4.79 Å². The van der Waals surface area contributed by atoms with Crippen LogP contribution >= 0.6 is 0 Å². The fraction of sp³-hybridized carbons (Fsp3) is 0.875. The first kappa shape index (κ1) is 14.7. The van der Waals surface area contributed by atoms with Gasteiger partial charge in [0.2, 0.25) is 5.91 Å². The summed E-state index contributed by atoms with van der Waals surface area (Å²) in [4.78, 5) is 22.6. The molecule has 4 fully saturated rings. The van der Waals surface area contributed by atoms with Crippen LogP contribution in [0.3, 0.4) is 0 Å². The molecular weight excluding hydrogens is 266 g/mol. The van der Waals surface area contributed by atoms with Crippen LogP contribution in [0, 0.1) is 23.2 Å². The molecule has 3 amide bonds. The first-order valence-corrected chi connectivity index (χ1v) is 8.29. The van der Waals surface area contributed by atoms with E-state index in [9.17, 15) is 9.59 Å². The second-order valence-corrected chi connectivity index (χ2v) is 7.69. The smallest absolute Gasteiger partial charge is 0.312 e. The molecular formula is C16H27N3O2. The van der Waals surface area contributed by atoms with Crippen molar-refractivity contribution in [3.63, 3.8) is 0 Å². The molecule has 0 saturated heterocycles. The Balaban J connectivity index is 1.47. The highest BCUT2D eigenvalue weighted by molar-refractivity contribution is 5.86. The maximum absolute atomic E-state index is 11.9. The van der Waals surface area contributed by atoms with Crippen molar-refractivity contribution in [1.82, 2.24) is 10.6 Å². The first-order valence-electron chi connectivity index (χ1n) is 8.29. The quantitative estimate of drug-likeness (QED) is 0.721. The van der Waals surface area contributed by atoms with Crippen molar-refractivity contribution < 1.29 is 9.59 Å². The molecule has 118 valence electrons. The summed E-state index contributed by atoms with van der Waals surface area (Å²) in [5, 5.41) is 5.37. The molecule has 1 atom stereocenters. The zero-order valence-electron chi connectivity index (χ0n) is 12.9. The number of amides is 3. The summed E-state index contributed by atoms with van der Waals surface area (Å²) < 4.78 is 0. The Kier molecular flexibility index (Phi) is 3.84. The normalized spacial score (nSPS) is 38.0. The third-order valence-corrected chi connectivity index (χ3v) is 5.87. The van der Waals surface area contributed by atoms with E-state index in [4.69, 9.17) is 5.73 Å². The minimum atomic E-state index is -0.654. The number of primary amides is 1. The lowest BCUT2D eigenvalue weighted by molar-refractivity contribution is -0.122. The Morgan fingerprint density at radius 1 is 1.14 bits per heavy atom. The van der Waals surface area contributed by atoms with Gasteiger partial charge in [0.05, 0.1) is 0 Å². The Labute approximate surface area is 126 Å². The number of carbonyl (C=O) groups is 2. The number of hydrogen-bond acceptors (Lipinski definition) is 2. The molecule has 0 aromatic carbocycles. The zero-order chi connectivity index (χ0) is 15.0. The van der Waals surface area contributed by atoms with Gasteiger partial charge in [-0.2, -0.15) is 0 Å². The molecule has 4 saturated carbocycles. The van der Waals surface area contributed by atoms with Crippen molar-refractivity contribution in [2.75, 3.05) is 6.54 Å². The van der Waals surface area contributed by atoms with Gasteiger partial charge >= 0.3 is 6.03 Å². The molecule has 0 aromatic rings. The lowest BCUT2D eigenvalue weighted by Gasteiger charge is -2.57. The second kappa shape index (κ2) is 5.50. The van der Waals surface area contributed by atoms with Crippen LogP contribution in [0.25, 0.3) is 0 Å². The molecule has 0 aromatic heterocycles. The van der Waals surface area contributed by atoms with Crippen molar-refractivity contribution in [3.8, 4) is 0 Å². The third kappa shape index (κ3) is 3.16. The van der Waals surface area contributed by atoms with Crippen LogP contribution in [-0.4, -0.2) is 24.5 Å². The number of nitrogens with one attached hydrogen (secondary N) is 2. The third-order valence-electron chi connectivity index (χ3n) is 5.87. The summed E-state index contributed by atoms with van der Waals surface area (Å²) >= 11 is 0. The lowest BCUT2D eigenvalue weighted by atomic mass is 9.49. The summed E-state index contributed by atoms with van der Waals surface area (Å²) in [6.07, 6.45) is 9.53. The molecule has 4 N–H and O–H groups in total. The van der Waals surface area contributed by atoms with Crippen LogP contribution in [0.2, 0.25) is 0 Å². The van der Waals surface area contributed by atoms with Gasteiger partial charge in [0.1, 0.15) is 6.04 Å². The number of carbonyl (C=O) groups excluding carboxylic acids is 2. The van der Waals surface area contributed by atoms with Gasteiger partial charge in [-0.15, -0.1) is 0 Å². The number of hydrogen-bond donors (Lipinski definition) is 3. The number of nitrogens with two attached hydrogens (primary N) is 1. The van der Waals surface area contributed by atoms with Gasteiger partial charge in [0.25, 0.3) is 0 Å². The maximum atomic E-state index is 11.9. The Morgan fingerprint density at radius 3 is 2.14 bits per heavy atom. The standard InChI is InChI=1S/C16H27N3O2/c1-10(19-15(17)21)14(20)18-3-2-16-7-11-4-12(8-16)6-13(5-11)9-16/h10-13H,2-9H2,1H3,(H,18,20)(H3,17,19,21)/t10-,11?,12?,13?,16?/m1/s1. The van der Waals surface area contributed by atoms with Crippen molar-refractivity contribution in [3.05, 3.63) is 0 Å². The van der Waals surface area contributed by atoms with Crippen LogP contribution in [0.5, 0.6) is 0 Å². The predicted molar refractivity (Wildman–Crippen MR) is 80.4 cm³/mol. The highest BCUT2D eigenvalue weighted by atomic mass is 16.2. The summed E-state index contributed by atoms with van der Waals surface area (Å²) in [6.45, 7) is 2.38. The Hall–Kier alpha value is -1.26. The van der Waals surface area contributed by atoms with E-state index < -0.39 is 12.1 Å². The molecule has 21 heavy (non-hydrogen) atoms. The minimum Gasteiger partial charge on any atom is -0.354 e. The topological polar surface area (TPSA) is 84.2 Å². The predicted octanol–water partition coefficient (Wildman–Crippen LogP) is 1.77. The van der Waals surface area contributed by atoms with E-state index in [1.54, 1.807) is 6.92 Å². The van der Waals surface area contributed by atoms with Crippen molar-refractivity contribution >= 4 is 11.9 Å². The molecule has 0 radical (unpaired) electrons. The fourth-order valence-corrected chi connectivity index (χ4v) is 5.48. The monoisotopic (exact) mass is 293 g/mol. The van der Waals surface area contributed by atoms with Gasteiger partial charge in [0, 0.05) is 6.54 Å². The van der Waals surface area contributed by atoms with Crippen LogP contribution < -0.4 is 16.4 Å². The summed E-state index contributed by atoms with van der Waals surface area (Å²) in [5.74, 6) is 2.70. The molecule has 5 heteroatoms. The molecule has 0 heterocycles. The van der Waals surface area contributed by atoms with Crippen LogP contribution in [0.15, 0.2) is 0 Å². The van der Waals surface area contributed by atoms with E-state index >= 15 is 0 Å². The fourth-order valence-electron chi connectivity index (χ4n) is 5.48. The van der Waals surface area contributed by atoms with Crippen LogP contribution in [0.4, 0.5) is 4.79 Å². The first-order chi connectivity index (χ1) is 9.96. The lowest BCUT2D eigenvalue weighted by Crippen LogP contribution is -2.49. The number of rotatable bonds is 5. The SMILES string of the molecule is C[C@@H](NC(N)=O)C(=O)NCCC12CC3CC(CC(C3)C1)C2. The maximum Gasteiger partial charge on any atom is 0.312 e. The highest BCUT2D eigenvalue weighted by Crippen LogP contribution is 2.61. The molecule has 5 nitrogen and oxygen atoms in total. The van der Waals surface area contributed by atoms with Gasteiger partial charge < -0.3 is 16.4 Å². The van der Waals surface area contributed by atoms with E-state index in [-0.39, 0.29) is 5.91 Å². The Bertz CT molecular complexity index is 400. The number of urea groups is 1. The molecule has 0 spiro atoms. The van der Waals surface area contributed by atoms with Gasteiger partial charge in [-0.3, -0.25) is 4.79 Å². The van der Waals surface area contributed by atoms with E-state index in [1.807, 2.05) is 0 Å². The minimum absolute atomic E-state index is 0.140. The largest absolute Gasteiger partial charge is 0.354 e. The van der Waals surface area contributed by atoms with E-state index in [0.29, 0.717) is 5.41 Å². The molecule has 4 rings (SSSR count). The van der Waals surface area contributed by atoms with E-state index in [0.717, 1.165) is 30.7 Å². The molecule has 4 aliphatic rings. The molecule has 0 unspecified atom stereocenters. The highest BCUT2D eigenvalue weighted by Gasteiger charge is 2.50. The van der Waals surface area contributed by atoms with Gasteiger partial charge in [-0.25, -0.2) is 4.79 Å². The summed E-state index contributed by atoms with van der Waals surface area (Å²) in [6, 6.07) is -1.21. The Morgan fingerprint density at radius 2 is 1.67 bits per heavy atom. The summed E-state index contributed by atoms with van der Waals surface area (Å²) in [5.41, 5.74) is 5.52. The van der Waals surface area contributed by atoms with Gasteiger partial charge in [-0.05, 0) is 75.0 Å². The van der Waals surface area contributed by atoms with E-state index in [2.05, 4.69) is 10.6 Å². The van der Waals surface area contributed by atoms with E-state index in [1.165, 1.54) is 38.5 Å². The van der Waals surface area contributed by atoms with Crippen molar-refractivity contribution in [1.29, 1.82) is 0 Å². The molecule has 0 aliphatic heterocycles. The van der Waals surface area contributed by atoms with Crippen molar-refractivity contribution in [2.45, 2.75) is 57.9 Å².